The van der Waals surface area contributed by atoms with Gasteiger partial charge in [0.25, 0.3) is 0 Å². The van der Waals surface area contributed by atoms with Gasteiger partial charge in [0.15, 0.2) is 12.4 Å². The molecule has 5 rings (SSSR count). The molecular formula is C26H28N6O4. The van der Waals surface area contributed by atoms with Crippen molar-refractivity contribution in [3.8, 4) is 28.3 Å². The molecule has 3 aromatic heterocycles. The van der Waals surface area contributed by atoms with E-state index in [-0.39, 0.29) is 18.8 Å². The smallest absolute Gasteiger partial charge is 0.410 e. The average molecular weight is 489 g/mol. The minimum absolute atomic E-state index is 0.0958. The number of fused-ring (bicyclic) bond motifs is 1. The molecule has 1 saturated heterocycles. The Morgan fingerprint density at radius 3 is 2.58 bits per heavy atom. The summed E-state index contributed by atoms with van der Waals surface area (Å²) in [7, 11) is 1.58. The minimum atomic E-state index is -0.510. The van der Waals surface area contributed by atoms with Crippen molar-refractivity contribution < 1.29 is 19.0 Å². The Kier molecular flexibility index (Phi) is 6.27. The Morgan fingerprint density at radius 1 is 1.06 bits per heavy atom. The number of carbonyl (C=O) groups excluding carboxylic acids is 1. The van der Waals surface area contributed by atoms with Gasteiger partial charge in [-0.3, -0.25) is 0 Å². The fraction of sp³-hybridized carbons (Fsp3) is 0.346. The molecule has 1 aromatic carbocycles. The molecule has 1 aliphatic heterocycles. The number of amides is 1. The van der Waals surface area contributed by atoms with Gasteiger partial charge in [0.05, 0.1) is 17.1 Å². The summed E-state index contributed by atoms with van der Waals surface area (Å²) in [6.07, 6.45) is 3.22. The molecule has 0 saturated carbocycles. The lowest BCUT2D eigenvalue weighted by Crippen LogP contribution is -2.50. The van der Waals surface area contributed by atoms with E-state index in [9.17, 15) is 4.79 Å². The third-order valence-electron chi connectivity index (χ3n) is 5.78. The number of nitrogens with zero attached hydrogens (tertiary/aromatic N) is 6. The fourth-order valence-electron chi connectivity index (χ4n) is 3.95. The first-order valence-corrected chi connectivity index (χ1v) is 11.7. The molecule has 1 aliphatic rings. The van der Waals surface area contributed by atoms with Crippen molar-refractivity contribution in [1.82, 2.24) is 29.7 Å². The van der Waals surface area contributed by atoms with Gasteiger partial charge in [-0.05, 0) is 57.2 Å². The van der Waals surface area contributed by atoms with Crippen LogP contribution < -0.4 is 4.74 Å². The standard InChI is InChI=1S/C26H28N6O4/c1-26(2,3)36-25(33)31-14-18(15-31)20-7-8-22(29-28-20)19-6-5-17(13-23(19)35-16-34-4)21-9-10-24-27-11-12-32(24)30-21/h5-13,18H,14-16H2,1-4H3. The third kappa shape index (κ3) is 4.99. The van der Waals surface area contributed by atoms with Crippen LogP contribution in [-0.2, 0) is 9.47 Å². The Morgan fingerprint density at radius 2 is 1.86 bits per heavy atom. The van der Waals surface area contributed by atoms with E-state index in [1.54, 1.807) is 22.7 Å². The first-order chi connectivity index (χ1) is 17.3. The maximum atomic E-state index is 12.2. The van der Waals surface area contributed by atoms with E-state index in [0.29, 0.717) is 24.5 Å². The zero-order chi connectivity index (χ0) is 25.3. The van der Waals surface area contributed by atoms with Crippen molar-refractivity contribution >= 4 is 11.7 Å². The molecule has 0 radical (unpaired) electrons. The number of hydrogen-bond acceptors (Lipinski definition) is 8. The quantitative estimate of drug-likeness (QED) is 0.373. The molecule has 0 spiro atoms. The highest BCUT2D eigenvalue weighted by molar-refractivity contribution is 5.73. The number of aromatic nitrogens is 5. The van der Waals surface area contributed by atoms with Crippen molar-refractivity contribution in [2.45, 2.75) is 32.3 Å². The molecule has 10 nitrogen and oxygen atoms in total. The van der Waals surface area contributed by atoms with Crippen molar-refractivity contribution in [3.63, 3.8) is 0 Å². The number of hydrogen-bond donors (Lipinski definition) is 0. The maximum Gasteiger partial charge on any atom is 0.410 e. The number of ether oxygens (including phenoxy) is 3. The lowest BCUT2D eigenvalue weighted by molar-refractivity contribution is 0.00780. The summed E-state index contributed by atoms with van der Waals surface area (Å²) >= 11 is 0. The van der Waals surface area contributed by atoms with Crippen LogP contribution in [0.4, 0.5) is 4.79 Å². The normalized spacial score (nSPS) is 14.1. The average Bonchev–Trinajstić information content (AvgIpc) is 3.29. The molecule has 0 unspecified atom stereocenters. The number of rotatable bonds is 6. The number of likely N-dealkylation sites (tertiary alicyclic amines) is 1. The molecule has 1 fully saturated rings. The topological polar surface area (TPSA) is 104 Å². The lowest BCUT2D eigenvalue weighted by Gasteiger charge is -2.39. The minimum Gasteiger partial charge on any atom is -0.467 e. The summed E-state index contributed by atoms with van der Waals surface area (Å²) in [4.78, 5) is 18.1. The molecule has 0 N–H and O–H groups in total. The van der Waals surface area contributed by atoms with Gasteiger partial charge >= 0.3 is 6.09 Å². The highest BCUT2D eigenvalue weighted by Crippen LogP contribution is 2.34. The van der Waals surface area contributed by atoms with Crippen LogP contribution in [0.1, 0.15) is 32.4 Å². The molecule has 10 heteroatoms. The molecule has 0 atom stereocenters. The van der Waals surface area contributed by atoms with E-state index in [4.69, 9.17) is 14.2 Å². The summed E-state index contributed by atoms with van der Waals surface area (Å²) in [5.74, 6) is 0.749. The first kappa shape index (κ1) is 23.7. The van der Waals surface area contributed by atoms with Crippen LogP contribution in [0.2, 0.25) is 0 Å². The Bertz CT molecular complexity index is 1370. The van der Waals surface area contributed by atoms with E-state index in [1.807, 2.05) is 69.4 Å². The van der Waals surface area contributed by atoms with E-state index in [2.05, 4.69) is 20.3 Å². The number of carbonyl (C=O) groups is 1. The van der Waals surface area contributed by atoms with Gasteiger partial charge in [0.1, 0.15) is 11.4 Å². The van der Waals surface area contributed by atoms with Gasteiger partial charge in [0.2, 0.25) is 0 Å². The second kappa shape index (κ2) is 9.54. The van der Waals surface area contributed by atoms with E-state index in [1.165, 1.54) is 0 Å². The summed E-state index contributed by atoms with van der Waals surface area (Å²) in [5, 5.41) is 13.5. The van der Waals surface area contributed by atoms with Gasteiger partial charge in [-0.15, -0.1) is 0 Å². The van der Waals surface area contributed by atoms with Crippen molar-refractivity contribution in [2.24, 2.45) is 0 Å². The maximum absolute atomic E-state index is 12.2. The van der Waals surface area contributed by atoms with Gasteiger partial charge in [-0.1, -0.05) is 6.07 Å². The zero-order valence-corrected chi connectivity index (χ0v) is 20.7. The Labute approximate surface area is 208 Å². The van der Waals surface area contributed by atoms with Gasteiger partial charge in [0, 0.05) is 49.6 Å². The monoisotopic (exact) mass is 488 g/mol. The molecule has 0 bridgehead atoms. The van der Waals surface area contributed by atoms with Crippen LogP contribution in [0.25, 0.3) is 28.2 Å². The summed E-state index contributed by atoms with van der Waals surface area (Å²) in [6.45, 7) is 6.80. The van der Waals surface area contributed by atoms with Gasteiger partial charge in [-0.25, -0.2) is 14.3 Å². The number of benzene rings is 1. The highest BCUT2D eigenvalue weighted by atomic mass is 16.7. The molecule has 4 heterocycles. The van der Waals surface area contributed by atoms with E-state index < -0.39 is 5.60 Å². The molecule has 0 aliphatic carbocycles. The zero-order valence-electron chi connectivity index (χ0n) is 20.7. The van der Waals surface area contributed by atoms with Gasteiger partial charge < -0.3 is 19.1 Å². The third-order valence-corrected chi connectivity index (χ3v) is 5.78. The van der Waals surface area contributed by atoms with Crippen LogP contribution in [-0.4, -0.2) is 68.4 Å². The summed E-state index contributed by atoms with van der Waals surface area (Å²) in [6, 6.07) is 13.5. The van der Waals surface area contributed by atoms with Crippen LogP contribution in [0.3, 0.4) is 0 Å². The van der Waals surface area contributed by atoms with Crippen molar-refractivity contribution in [2.75, 3.05) is 27.0 Å². The van der Waals surface area contributed by atoms with E-state index >= 15 is 0 Å². The Hall–Kier alpha value is -4.05. The molecule has 186 valence electrons. The molecule has 1 amide bonds. The molecular weight excluding hydrogens is 460 g/mol. The second-order valence-electron chi connectivity index (χ2n) is 9.64. The van der Waals surface area contributed by atoms with Crippen LogP contribution in [0.15, 0.2) is 54.9 Å². The van der Waals surface area contributed by atoms with Crippen LogP contribution >= 0.6 is 0 Å². The molecule has 36 heavy (non-hydrogen) atoms. The van der Waals surface area contributed by atoms with Crippen LogP contribution in [0, 0.1) is 0 Å². The SMILES string of the molecule is COCOc1cc(-c2ccc3nccn3n2)ccc1-c1ccc(C2CN(C(=O)OC(C)(C)C)C2)nn1. The van der Waals surface area contributed by atoms with Gasteiger partial charge in [-0.2, -0.15) is 15.3 Å². The first-order valence-electron chi connectivity index (χ1n) is 11.7. The van der Waals surface area contributed by atoms with Crippen molar-refractivity contribution in [3.05, 3.63) is 60.6 Å². The largest absolute Gasteiger partial charge is 0.467 e. The predicted molar refractivity (Wildman–Crippen MR) is 133 cm³/mol. The lowest BCUT2D eigenvalue weighted by atomic mass is 9.96. The van der Waals surface area contributed by atoms with Crippen LogP contribution in [0.5, 0.6) is 5.75 Å². The summed E-state index contributed by atoms with van der Waals surface area (Å²) < 4.78 is 18.2. The second-order valence-corrected chi connectivity index (χ2v) is 9.64. The fourth-order valence-corrected chi connectivity index (χ4v) is 3.95. The predicted octanol–water partition coefficient (Wildman–Crippen LogP) is 4.17. The highest BCUT2D eigenvalue weighted by Gasteiger charge is 2.35. The number of methoxy groups -OCH3 is 1. The van der Waals surface area contributed by atoms with E-state index in [0.717, 1.165) is 28.2 Å². The number of imidazole rings is 1. The summed E-state index contributed by atoms with van der Waals surface area (Å²) in [5.41, 5.74) is 4.26. The van der Waals surface area contributed by atoms with Crippen molar-refractivity contribution in [1.29, 1.82) is 0 Å². The molecule has 4 aromatic rings. The Balaban J connectivity index is 1.34.